The average Bonchev–Trinajstić information content (AvgIpc) is 0.800. The molecule has 12 atom stereocenters. The summed E-state index contributed by atoms with van der Waals surface area (Å²) in [7, 11) is 0. The van der Waals surface area contributed by atoms with Gasteiger partial charge in [0, 0.05) is 109 Å². The third-order valence-electron chi connectivity index (χ3n) is 21.6. The number of aromatic nitrogens is 8. The quantitative estimate of drug-likeness (QED) is 0.0168. The fraction of sp³-hybridized carbons (Fsp3) is 0.462. The van der Waals surface area contributed by atoms with Crippen molar-refractivity contribution in [3.05, 3.63) is 172 Å². The van der Waals surface area contributed by atoms with E-state index < -0.39 is 64.9 Å². The molecule has 0 saturated heterocycles. The number of rotatable bonds is 27. The molecule has 730 valence electrons. The normalized spacial score (nSPS) is 20.5. The Morgan fingerprint density at radius 1 is 0.383 bits per heavy atom. The summed E-state index contributed by atoms with van der Waals surface area (Å²) in [5, 5.41) is 36.9. The zero-order valence-electron chi connectivity index (χ0n) is 89.8. The Morgan fingerprint density at radius 3 is 1.00 bits per heavy atom. The van der Waals surface area contributed by atoms with Gasteiger partial charge in [0.15, 0.2) is 0 Å². The van der Waals surface area contributed by atoms with Crippen LogP contribution in [0.1, 0.15) is 228 Å². The minimum absolute atomic E-state index is 0. The van der Waals surface area contributed by atoms with E-state index in [0.717, 1.165) is 45.0 Å². The molecule has 4 fully saturated rings. The first-order chi connectivity index (χ1) is 68.9. The molecule has 40 nitrogen and oxygen atoms in total. The number of ether oxygens (including phenoxy) is 5. The Kier molecular flexibility index (Phi) is 35.2. The summed E-state index contributed by atoms with van der Waals surface area (Å²) in [6.07, 6.45) is 11.3. The zero-order chi connectivity index (χ0) is 110. The molecular weight excluding hydrogens is 1710 g/mol. The number of amides is 6. The van der Waals surface area contributed by atoms with E-state index in [1.165, 1.54) is 24.8 Å². The van der Waals surface area contributed by atoms with E-state index in [0.29, 0.717) is 125 Å². The molecule has 4 aromatic carbocycles. The highest BCUT2D eigenvalue weighted by atomic mass is 16.6. The van der Waals surface area contributed by atoms with E-state index in [1.54, 1.807) is 69.2 Å². The standard InChI is InChI=1S/C26H36N6O5.C21H28N6O3.C19H24N6O3.C14H26N2O4.C13H14N4O.7H2/c1-6-36-23(34)16-10-11-19(20(13-16)31-25(35)37-26(3,4)5)30-24-28-14-18(21(27)33)22(32-24)29-17-9-7-8-15(2)12-17;1-3-30-20(29)13-7-8-17(16(22)10-13)26-21-24-11-15(18(23)28)19(27-21)25-14-6-4-5-12(2)9-14;1-10-3-2-4-12(7-10)23-17-13(16(21)26)9-22-19(25-17)24-15-6-5-11(18(27)28)8-14(15)20;1-5-19-12(17)9-6-7-10(15)11(8-9)16-13(18)20-14(2,3)4;1-8-4-3-5-10(6-8)17-13-11(12(14)18)7-15-9(2)16-13;;;;;;;/h7-9,12,14,16,19-20H,6,10-11,13H2,1-5H3,(H2,27,33)(H,31,35)(H2,28,29,30,32);4-6,9,11,13,16-17H,3,7-8,10,22H2,1-2H3,(H2,23,28)(H2,24,25,26,27);2-4,7,9,11,14-15H,5-6,8,20H2,1H3,(H2,21,26)(H,27,28)(H2,22,23,24,25);9-11H,5-8,15H2,1-4H3,(H,16,18);3-7H,1-2H3,(H2,14,18)(H,15,16,17);7*1H/t16-,19-,20+;13-,16+,17-;11-,14+,15-;9-,10-,11+;;;;;;;;/m1111......../s1/i;;;;;6*1+1D;1+1. The first-order valence-corrected chi connectivity index (χ1v) is 44.2. The van der Waals surface area contributed by atoms with E-state index in [9.17, 15) is 47.9 Å². The molecule has 6 amide bonds. The van der Waals surface area contributed by atoms with Crippen molar-refractivity contribution in [1.29, 1.82) is 0 Å². The number of anilines is 11. The van der Waals surface area contributed by atoms with Crippen molar-refractivity contribution >= 4 is 124 Å². The number of esters is 3. The van der Waals surface area contributed by atoms with E-state index in [-0.39, 0.29) is 120 Å². The van der Waals surface area contributed by atoms with Gasteiger partial charge in [0.05, 0.1) is 49.5 Å². The lowest BCUT2D eigenvalue weighted by molar-refractivity contribution is -0.150. The average molecular weight is 1870 g/mol. The maximum absolute atomic E-state index is 12.6. The molecule has 4 aliphatic rings. The number of aliphatic carboxylic acids is 1. The number of hydrogen-bond acceptors (Lipinski definition) is 33. The van der Waals surface area contributed by atoms with E-state index in [2.05, 4.69) is 87.7 Å². The summed E-state index contributed by atoms with van der Waals surface area (Å²) >= 11 is 0. The third kappa shape index (κ3) is 33.7. The van der Waals surface area contributed by atoms with Crippen molar-refractivity contribution in [1.82, 2.24) is 50.5 Å². The van der Waals surface area contributed by atoms with Crippen LogP contribution in [0.25, 0.3) is 0 Å². The number of carboxylic acid groups (broad SMARTS) is 1. The van der Waals surface area contributed by atoms with Crippen LogP contribution in [-0.4, -0.2) is 184 Å². The molecule has 0 spiro atoms. The van der Waals surface area contributed by atoms with Gasteiger partial charge in [-0.25, -0.2) is 34.5 Å². The van der Waals surface area contributed by atoms with Crippen LogP contribution in [0.5, 0.6) is 0 Å². The molecular formula is C93H142N24O16. The maximum atomic E-state index is 12.6. The Labute approximate surface area is 793 Å². The largest absolute Gasteiger partial charge is 0.481 e. The number of benzene rings is 4. The van der Waals surface area contributed by atoms with Crippen molar-refractivity contribution in [3.63, 3.8) is 0 Å². The van der Waals surface area contributed by atoms with Gasteiger partial charge in [-0.3, -0.25) is 38.4 Å². The Morgan fingerprint density at radius 2 is 0.677 bits per heavy atom. The highest BCUT2D eigenvalue weighted by Gasteiger charge is 2.40. The number of hydrogen-bond donors (Lipinski definition) is 17. The smallest absolute Gasteiger partial charge is 0.407 e. The minimum Gasteiger partial charge on any atom is -0.481 e. The Bertz CT molecular complexity index is 5410. The van der Waals surface area contributed by atoms with Gasteiger partial charge >= 0.3 is 36.1 Å². The van der Waals surface area contributed by atoms with Gasteiger partial charge in [-0.05, 0) is 245 Å². The molecule has 0 aliphatic heterocycles. The van der Waals surface area contributed by atoms with Crippen molar-refractivity contribution in [3.8, 4) is 0 Å². The second kappa shape index (κ2) is 49.3. The van der Waals surface area contributed by atoms with Crippen LogP contribution in [0.3, 0.4) is 0 Å². The molecule has 0 bridgehead atoms. The van der Waals surface area contributed by atoms with Gasteiger partial charge in [-0.2, -0.15) is 15.0 Å². The van der Waals surface area contributed by atoms with Gasteiger partial charge in [0.1, 0.15) is 62.6 Å². The maximum Gasteiger partial charge on any atom is 0.407 e. The molecule has 0 unspecified atom stereocenters. The number of primary amides is 4. The van der Waals surface area contributed by atoms with Gasteiger partial charge in [-0.15, -0.1) is 0 Å². The Balaban J connectivity index is 0.000000903. The monoisotopic (exact) mass is 1860 g/mol. The summed E-state index contributed by atoms with van der Waals surface area (Å²) in [6, 6.07) is 28.7. The fourth-order valence-electron chi connectivity index (χ4n) is 15.1. The van der Waals surface area contributed by atoms with Crippen LogP contribution in [0.4, 0.5) is 73.5 Å². The molecule has 133 heavy (non-hydrogen) atoms. The SMILES string of the molecule is CCOC(=O)[C@@H]1CC[C@@H](N)[C@@H](NC(=O)OC(C)(C)C)C1.CCOC(=O)[C@@H]1CC[C@@H](Nc2ncc(C(N)=O)c(Nc3cccc(C)c3)n2)[C@@H](N)C1.CCOC(=O)[C@@H]1CC[C@@H](Nc2ncc(C(N)=O)c(Nc3cccc(C)c3)n2)[C@@H](NC(=O)OC(C)(C)C)C1.Cc1cccc(Nc2nc(C)ncc2C(N)=O)c1.Cc1cccc(Nc2nc(N[C@@H]3CC[C@@H](C(=O)O)C[C@@H]3N)ncc2C(N)=O)c1.[2HH].[2H][2H].[2H][2H].[2H][2H].[2H][2H].[2H][2H].[2H][2H]. The summed E-state index contributed by atoms with van der Waals surface area (Å²) < 4.78 is 86.0. The fourth-order valence-corrected chi connectivity index (χ4v) is 15.1. The first-order valence-electron chi connectivity index (χ1n) is 50.2. The van der Waals surface area contributed by atoms with Gasteiger partial charge in [0.25, 0.3) is 23.6 Å². The van der Waals surface area contributed by atoms with Crippen LogP contribution >= 0.6 is 0 Å². The predicted molar refractivity (Wildman–Crippen MR) is 519 cm³/mol. The number of alkyl carbamates (subject to hydrolysis) is 2. The predicted octanol–water partition coefficient (Wildman–Crippen LogP) is 12.6. The van der Waals surface area contributed by atoms with E-state index >= 15 is 0 Å². The van der Waals surface area contributed by atoms with Crippen LogP contribution in [0.2, 0.25) is 0 Å². The molecule has 4 saturated carbocycles. The lowest BCUT2D eigenvalue weighted by atomic mass is 9.82. The molecule has 8 aromatic rings. The lowest BCUT2D eigenvalue weighted by Gasteiger charge is -2.36. The molecule has 12 rings (SSSR count). The van der Waals surface area contributed by atoms with Gasteiger partial charge in [-0.1, -0.05) is 48.5 Å². The third-order valence-corrected chi connectivity index (χ3v) is 21.6. The zero-order valence-corrected chi connectivity index (χ0v) is 77.8. The Hall–Kier alpha value is -14.0. The topological polar surface area (TPSA) is 631 Å². The molecule has 0 radical (unpaired) electrons. The molecule has 4 aromatic heterocycles. The van der Waals surface area contributed by atoms with Crippen molar-refractivity contribution in [2.24, 2.45) is 63.8 Å². The van der Waals surface area contributed by atoms with Crippen molar-refractivity contribution < 1.29 is 96.0 Å². The molecule has 4 heterocycles. The molecule has 24 N–H and O–H groups in total. The minimum atomic E-state index is -0.819. The number of nitrogens with one attached hydrogen (secondary N) is 9. The van der Waals surface area contributed by atoms with E-state index in [1.807, 2.05) is 125 Å². The van der Waals surface area contributed by atoms with Crippen LogP contribution < -0.4 is 88.0 Å². The van der Waals surface area contributed by atoms with Crippen LogP contribution in [0, 0.1) is 58.3 Å². The van der Waals surface area contributed by atoms with Crippen LogP contribution in [-0.2, 0) is 42.9 Å². The van der Waals surface area contributed by atoms with Crippen molar-refractivity contribution in [2.75, 3.05) is 57.0 Å². The number of carbonyl (C=O) groups excluding carboxylic acids is 9. The van der Waals surface area contributed by atoms with Crippen LogP contribution in [0.15, 0.2) is 122 Å². The molecule has 40 heteroatoms. The first kappa shape index (κ1) is 95.1. The van der Waals surface area contributed by atoms with Gasteiger partial charge < -0.3 is 117 Å². The number of nitrogens with zero attached hydrogens (tertiary/aromatic N) is 8. The summed E-state index contributed by atoms with van der Waals surface area (Å²) in [4.78, 5) is 153. The summed E-state index contributed by atoms with van der Waals surface area (Å²) in [6.45, 7) is 26.7. The second-order valence-corrected chi connectivity index (χ2v) is 34.9. The number of aryl methyl sites for hydroxylation is 5. The highest BCUT2D eigenvalue weighted by Crippen LogP contribution is 2.34. The number of nitrogens with two attached hydrogens (primary N) is 7. The van der Waals surface area contributed by atoms with Crippen molar-refractivity contribution in [2.45, 2.75) is 234 Å². The summed E-state index contributed by atoms with van der Waals surface area (Å²) in [5.74, 6) is -2.39. The number of carbonyl (C=O) groups is 10. The van der Waals surface area contributed by atoms with E-state index in [4.69, 9.17) is 86.7 Å². The van der Waals surface area contributed by atoms with Gasteiger partial charge in [0.2, 0.25) is 17.8 Å². The lowest BCUT2D eigenvalue weighted by Crippen LogP contribution is -2.53. The second-order valence-electron chi connectivity index (χ2n) is 34.9. The number of carboxylic acids is 1. The highest BCUT2D eigenvalue weighted by molar-refractivity contribution is 6.00. The molecule has 4 aliphatic carbocycles. The summed E-state index contributed by atoms with van der Waals surface area (Å²) in [5.41, 5.74) is 47.2.